The van der Waals surface area contributed by atoms with E-state index >= 15 is 0 Å². The van der Waals surface area contributed by atoms with Crippen LogP contribution in [0.25, 0.3) is 10.8 Å². The monoisotopic (exact) mass is 635 g/mol. The van der Waals surface area contributed by atoms with Crippen molar-refractivity contribution in [3.05, 3.63) is 66.2 Å². The second-order valence-corrected chi connectivity index (χ2v) is 10.9. The van der Waals surface area contributed by atoms with Crippen LogP contribution in [0, 0.1) is 6.92 Å². The van der Waals surface area contributed by atoms with Gasteiger partial charge in [0.15, 0.2) is 5.75 Å². The summed E-state index contributed by atoms with van der Waals surface area (Å²) in [5.41, 5.74) is 0.883. The van der Waals surface area contributed by atoms with Crippen molar-refractivity contribution >= 4 is 53.8 Å². The zero-order valence-corrected chi connectivity index (χ0v) is 23.1. The summed E-state index contributed by atoms with van der Waals surface area (Å²) in [5, 5.41) is 37.0. The molecule has 4 N–H and O–H groups in total. The molecule has 4 aromatic rings. The SMILES string of the molecule is COc1ccc(N=Nc2cc(O)c(N=Nc3c(O)c(S(=O)(=O)O)cc4cc(S(=O)(=O)O)ccc34)cc2C)cc1.[Cu]. The van der Waals surface area contributed by atoms with Crippen LogP contribution in [0.15, 0.2) is 90.9 Å². The summed E-state index contributed by atoms with van der Waals surface area (Å²) in [6, 6.07) is 13.4. The van der Waals surface area contributed by atoms with E-state index in [2.05, 4.69) is 20.5 Å². The molecular weight excluding hydrogens is 616 g/mol. The van der Waals surface area contributed by atoms with Crippen LogP contribution >= 0.6 is 0 Å². The molecule has 4 rings (SSSR count). The molecule has 40 heavy (non-hydrogen) atoms. The number of rotatable bonds is 7. The van der Waals surface area contributed by atoms with Crippen molar-refractivity contribution < 1.29 is 58.0 Å². The van der Waals surface area contributed by atoms with Crippen molar-refractivity contribution in [2.24, 2.45) is 20.5 Å². The van der Waals surface area contributed by atoms with Gasteiger partial charge < -0.3 is 14.9 Å². The van der Waals surface area contributed by atoms with Crippen molar-refractivity contribution in [1.29, 1.82) is 0 Å². The summed E-state index contributed by atoms with van der Waals surface area (Å²) in [5.74, 6) is -0.678. The number of azo groups is 2. The topological polar surface area (TPSA) is 208 Å². The smallest absolute Gasteiger partial charge is 0.298 e. The number of hydrogen-bond donors (Lipinski definition) is 4. The molecule has 1 radical (unpaired) electrons. The van der Waals surface area contributed by atoms with Gasteiger partial charge in [-0.1, -0.05) is 6.07 Å². The minimum Gasteiger partial charge on any atom is -0.506 e. The van der Waals surface area contributed by atoms with Crippen LogP contribution in [0.1, 0.15) is 5.56 Å². The third kappa shape index (κ3) is 6.62. The van der Waals surface area contributed by atoms with Gasteiger partial charge in [0, 0.05) is 28.5 Å². The van der Waals surface area contributed by atoms with Gasteiger partial charge in [-0.05, 0) is 66.4 Å². The predicted octanol–water partition coefficient (Wildman–Crippen LogP) is 5.89. The minimum absolute atomic E-state index is 0. The Bertz CT molecular complexity index is 1880. The molecule has 0 aliphatic heterocycles. The third-order valence-corrected chi connectivity index (χ3v) is 7.21. The number of aryl methyl sites for hydroxylation is 1. The zero-order valence-electron chi connectivity index (χ0n) is 20.5. The number of benzene rings is 4. The Morgan fingerprint density at radius 1 is 0.750 bits per heavy atom. The van der Waals surface area contributed by atoms with Crippen LogP contribution in [0.3, 0.4) is 0 Å². The predicted molar refractivity (Wildman–Crippen MR) is 139 cm³/mol. The van der Waals surface area contributed by atoms with Gasteiger partial charge in [0.05, 0.1) is 23.4 Å². The van der Waals surface area contributed by atoms with Gasteiger partial charge in [0.25, 0.3) is 20.2 Å². The van der Waals surface area contributed by atoms with Crippen LogP contribution in [0.2, 0.25) is 0 Å². The first-order valence-electron chi connectivity index (χ1n) is 10.8. The second kappa shape index (κ2) is 11.7. The molecule has 0 bridgehead atoms. The van der Waals surface area contributed by atoms with E-state index in [9.17, 15) is 36.2 Å². The van der Waals surface area contributed by atoms with Crippen molar-refractivity contribution in [2.75, 3.05) is 7.11 Å². The quantitative estimate of drug-likeness (QED) is 0.108. The van der Waals surface area contributed by atoms with E-state index < -0.39 is 41.5 Å². The summed E-state index contributed by atoms with van der Waals surface area (Å²) in [7, 11) is -8.08. The normalized spacial score (nSPS) is 12.2. The molecule has 0 fully saturated rings. The van der Waals surface area contributed by atoms with Crippen LogP contribution in [-0.4, -0.2) is 43.3 Å². The molecule has 16 heteroatoms. The fraction of sp³-hybridized carbons (Fsp3) is 0.0833. The van der Waals surface area contributed by atoms with Gasteiger partial charge in [0.2, 0.25) is 0 Å². The van der Waals surface area contributed by atoms with Crippen molar-refractivity contribution in [2.45, 2.75) is 16.7 Å². The summed E-state index contributed by atoms with van der Waals surface area (Å²) in [4.78, 5) is -1.52. The fourth-order valence-electron chi connectivity index (χ4n) is 3.51. The molecule has 0 atom stereocenters. The Labute approximate surface area is 238 Å². The summed E-state index contributed by atoms with van der Waals surface area (Å²) in [6.45, 7) is 1.67. The molecule has 0 saturated carbocycles. The van der Waals surface area contributed by atoms with Crippen LogP contribution < -0.4 is 4.74 Å². The maximum Gasteiger partial charge on any atom is 0.298 e. The Morgan fingerprint density at radius 3 is 2.00 bits per heavy atom. The number of ether oxygens (including phenoxy) is 1. The molecular formula is C24H20CuN4O9S2. The fourth-order valence-corrected chi connectivity index (χ4v) is 4.64. The summed E-state index contributed by atoms with van der Waals surface area (Å²) < 4.78 is 70.7. The Morgan fingerprint density at radius 2 is 1.40 bits per heavy atom. The van der Waals surface area contributed by atoms with Crippen LogP contribution in [-0.2, 0) is 37.3 Å². The second-order valence-electron chi connectivity index (χ2n) is 8.13. The number of nitrogens with zero attached hydrogens (tertiary/aromatic N) is 4. The van der Waals surface area contributed by atoms with Gasteiger partial charge in [-0.3, -0.25) is 9.11 Å². The first kappa shape index (κ1) is 30.6. The van der Waals surface area contributed by atoms with Crippen molar-refractivity contribution in [3.8, 4) is 17.2 Å². The molecule has 0 unspecified atom stereocenters. The zero-order chi connectivity index (χ0) is 28.5. The minimum atomic E-state index is -4.98. The molecule has 13 nitrogen and oxygen atoms in total. The van der Waals surface area contributed by atoms with E-state index in [-0.39, 0.29) is 39.3 Å². The van der Waals surface area contributed by atoms with Crippen LogP contribution in [0.4, 0.5) is 22.7 Å². The molecule has 0 spiro atoms. The number of hydrogen-bond acceptors (Lipinski definition) is 11. The Balaban J connectivity index is 0.00000441. The number of phenols is 2. The van der Waals surface area contributed by atoms with Gasteiger partial charge in [-0.15, -0.1) is 10.2 Å². The summed E-state index contributed by atoms with van der Waals surface area (Å²) >= 11 is 0. The Kier molecular flexibility index (Phi) is 8.93. The number of phenolic OH excluding ortho intramolecular Hbond substituents is 2. The van der Waals surface area contributed by atoms with E-state index in [1.807, 2.05) is 0 Å². The van der Waals surface area contributed by atoms with E-state index in [0.717, 1.165) is 24.3 Å². The first-order chi connectivity index (χ1) is 18.3. The molecule has 0 saturated heterocycles. The first-order valence-corrected chi connectivity index (χ1v) is 13.7. The molecule has 0 aliphatic rings. The summed E-state index contributed by atoms with van der Waals surface area (Å²) in [6.07, 6.45) is 0. The standard InChI is InChI=1S/C24H20N4O9S2.Cu/c1-13-9-20(21(29)12-19(13)26-25-15-3-5-16(37-2)6-4-15)27-28-23-18-8-7-17(38(31,32)33)10-14(18)11-22(24(23)30)39(34,35)36;/h3-12,29-30H,1-2H3,(H,31,32,33)(H,34,35,36);. The molecule has 4 aromatic carbocycles. The Hall–Kier alpha value is -3.92. The molecule has 213 valence electrons. The van der Waals surface area contributed by atoms with E-state index in [1.165, 1.54) is 19.2 Å². The van der Waals surface area contributed by atoms with Gasteiger partial charge in [-0.2, -0.15) is 27.1 Å². The average Bonchev–Trinajstić information content (AvgIpc) is 2.87. The number of fused-ring (bicyclic) bond motifs is 1. The van der Waals surface area contributed by atoms with E-state index in [1.54, 1.807) is 31.2 Å². The largest absolute Gasteiger partial charge is 0.506 e. The third-order valence-electron chi connectivity index (χ3n) is 5.49. The molecule has 0 amide bonds. The van der Waals surface area contributed by atoms with Gasteiger partial charge in [0.1, 0.15) is 27.8 Å². The van der Waals surface area contributed by atoms with Crippen molar-refractivity contribution in [3.63, 3.8) is 0 Å². The molecule has 0 aliphatic carbocycles. The van der Waals surface area contributed by atoms with E-state index in [0.29, 0.717) is 22.7 Å². The molecule has 0 aromatic heterocycles. The average molecular weight is 636 g/mol. The van der Waals surface area contributed by atoms with Gasteiger partial charge >= 0.3 is 0 Å². The van der Waals surface area contributed by atoms with Crippen molar-refractivity contribution in [1.82, 2.24) is 0 Å². The molecule has 0 heterocycles. The van der Waals surface area contributed by atoms with Crippen LogP contribution in [0.5, 0.6) is 17.2 Å². The van der Waals surface area contributed by atoms with Gasteiger partial charge in [-0.25, -0.2) is 0 Å². The number of methoxy groups -OCH3 is 1. The van der Waals surface area contributed by atoms with E-state index in [4.69, 9.17) is 4.74 Å². The maximum atomic E-state index is 11.8. The maximum absolute atomic E-state index is 11.8. The number of aromatic hydroxyl groups is 2.